The molecule has 2 rings (SSSR count). The molecule has 4 N–H and O–H groups in total. The Bertz CT molecular complexity index is 488. The molecule has 20 heavy (non-hydrogen) atoms. The fraction of sp³-hybridized carbons (Fsp3) is 0.571. The maximum atomic E-state index is 9.23. The quantitative estimate of drug-likeness (QED) is 0.333. The maximum absolute atomic E-state index is 9.23. The van der Waals surface area contributed by atoms with Crippen molar-refractivity contribution < 1.29 is 10.3 Å². The SMILES string of the molecule is Cc1ccnc(N2CCCCC2CCO)c1/C(N)=N/O. The van der Waals surface area contributed by atoms with E-state index in [-0.39, 0.29) is 18.5 Å². The van der Waals surface area contributed by atoms with Gasteiger partial charge in [0.15, 0.2) is 5.84 Å². The molecular weight excluding hydrogens is 256 g/mol. The minimum absolute atomic E-state index is 0.0823. The van der Waals surface area contributed by atoms with E-state index in [1.54, 1.807) is 6.20 Å². The number of nitrogens with two attached hydrogens (primary N) is 1. The third-order valence-corrected chi connectivity index (χ3v) is 3.86. The summed E-state index contributed by atoms with van der Waals surface area (Å²) in [7, 11) is 0. The molecule has 1 aliphatic heterocycles. The summed E-state index contributed by atoms with van der Waals surface area (Å²) in [5.41, 5.74) is 7.42. The molecule has 2 heterocycles. The van der Waals surface area contributed by atoms with Gasteiger partial charge in [0.2, 0.25) is 0 Å². The van der Waals surface area contributed by atoms with E-state index in [9.17, 15) is 5.11 Å². The number of aliphatic hydroxyl groups excluding tert-OH is 1. The third kappa shape index (κ3) is 2.85. The fourth-order valence-corrected chi connectivity index (χ4v) is 2.86. The number of amidine groups is 1. The number of hydrogen-bond acceptors (Lipinski definition) is 5. The first-order chi connectivity index (χ1) is 9.69. The summed E-state index contributed by atoms with van der Waals surface area (Å²) in [5.74, 6) is 0.831. The Morgan fingerprint density at radius 1 is 1.55 bits per heavy atom. The fourth-order valence-electron chi connectivity index (χ4n) is 2.86. The summed E-state index contributed by atoms with van der Waals surface area (Å²) in [4.78, 5) is 6.62. The highest BCUT2D eigenvalue weighted by Gasteiger charge is 2.26. The van der Waals surface area contributed by atoms with E-state index in [1.807, 2.05) is 13.0 Å². The van der Waals surface area contributed by atoms with E-state index in [2.05, 4.69) is 15.0 Å². The van der Waals surface area contributed by atoms with Crippen molar-refractivity contribution in [3.63, 3.8) is 0 Å². The average molecular weight is 278 g/mol. The average Bonchev–Trinajstić information content (AvgIpc) is 2.47. The number of rotatable bonds is 4. The lowest BCUT2D eigenvalue weighted by Gasteiger charge is -2.37. The lowest BCUT2D eigenvalue weighted by Crippen LogP contribution is -2.42. The van der Waals surface area contributed by atoms with Gasteiger partial charge in [-0.25, -0.2) is 4.98 Å². The summed E-state index contributed by atoms with van der Waals surface area (Å²) in [6, 6.07) is 2.11. The first kappa shape index (κ1) is 14.6. The number of nitrogens with zero attached hydrogens (tertiary/aromatic N) is 3. The molecule has 110 valence electrons. The Labute approximate surface area is 118 Å². The molecule has 1 unspecified atom stereocenters. The molecule has 1 fully saturated rings. The van der Waals surface area contributed by atoms with Crippen molar-refractivity contribution in [2.75, 3.05) is 18.1 Å². The van der Waals surface area contributed by atoms with Crippen LogP contribution in [0.5, 0.6) is 0 Å². The highest BCUT2D eigenvalue weighted by molar-refractivity contribution is 6.02. The van der Waals surface area contributed by atoms with Crippen LogP contribution in [0.15, 0.2) is 17.4 Å². The first-order valence-electron chi connectivity index (χ1n) is 7.00. The van der Waals surface area contributed by atoms with E-state index < -0.39 is 0 Å². The number of anilines is 1. The molecule has 0 spiro atoms. The van der Waals surface area contributed by atoms with Crippen molar-refractivity contribution in [3.8, 4) is 0 Å². The van der Waals surface area contributed by atoms with Gasteiger partial charge in [-0.1, -0.05) is 5.16 Å². The Kier molecular flexibility index (Phi) is 4.79. The monoisotopic (exact) mass is 278 g/mol. The van der Waals surface area contributed by atoms with Crippen molar-refractivity contribution >= 4 is 11.7 Å². The molecule has 1 aromatic heterocycles. The van der Waals surface area contributed by atoms with Crippen molar-refractivity contribution in [1.82, 2.24) is 4.98 Å². The lowest BCUT2D eigenvalue weighted by molar-refractivity contribution is 0.262. The Morgan fingerprint density at radius 2 is 2.35 bits per heavy atom. The molecule has 1 aliphatic rings. The summed E-state index contributed by atoms with van der Waals surface area (Å²) in [5, 5.41) is 21.3. The van der Waals surface area contributed by atoms with Gasteiger partial charge in [0.25, 0.3) is 0 Å². The van der Waals surface area contributed by atoms with Crippen LogP contribution in [-0.4, -0.2) is 40.3 Å². The van der Waals surface area contributed by atoms with Gasteiger partial charge >= 0.3 is 0 Å². The summed E-state index contributed by atoms with van der Waals surface area (Å²) in [6.45, 7) is 2.96. The smallest absolute Gasteiger partial charge is 0.174 e. The van der Waals surface area contributed by atoms with Crippen LogP contribution in [0.25, 0.3) is 0 Å². The molecule has 0 aromatic carbocycles. The van der Waals surface area contributed by atoms with Gasteiger partial charge < -0.3 is 20.9 Å². The van der Waals surface area contributed by atoms with Crippen molar-refractivity contribution in [1.29, 1.82) is 0 Å². The maximum Gasteiger partial charge on any atom is 0.174 e. The van der Waals surface area contributed by atoms with Crippen LogP contribution in [0.4, 0.5) is 5.82 Å². The van der Waals surface area contributed by atoms with Gasteiger partial charge in [0, 0.05) is 25.4 Å². The van der Waals surface area contributed by atoms with Gasteiger partial charge in [0.05, 0.1) is 5.56 Å². The molecule has 0 aliphatic carbocycles. The molecule has 1 atom stereocenters. The number of oxime groups is 1. The van der Waals surface area contributed by atoms with Crippen molar-refractivity contribution in [2.45, 2.75) is 38.6 Å². The van der Waals surface area contributed by atoms with Gasteiger partial charge in [-0.05, 0) is 44.2 Å². The molecule has 6 nitrogen and oxygen atoms in total. The first-order valence-corrected chi connectivity index (χ1v) is 7.00. The van der Waals surface area contributed by atoms with Crippen molar-refractivity contribution in [2.24, 2.45) is 10.9 Å². The van der Waals surface area contributed by atoms with Gasteiger partial charge in [-0.15, -0.1) is 0 Å². The lowest BCUT2D eigenvalue weighted by atomic mass is 9.98. The Hall–Kier alpha value is -1.82. The predicted molar refractivity (Wildman–Crippen MR) is 78.2 cm³/mol. The molecule has 0 amide bonds. The minimum Gasteiger partial charge on any atom is -0.409 e. The van der Waals surface area contributed by atoms with Crippen LogP contribution in [0.2, 0.25) is 0 Å². The van der Waals surface area contributed by atoms with Crippen LogP contribution in [0, 0.1) is 6.92 Å². The second-order valence-corrected chi connectivity index (χ2v) is 5.17. The molecular formula is C14H22N4O2. The van der Waals surface area contributed by atoms with E-state index in [1.165, 1.54) is 0 Å². The van der Waals surface area contributed by atoms with Crippen LogP contribution < -0.4 is 10.6 Å². The summed E-state index contributed by atoms with van der Waals surface area (Å²) < 4.78 is 0. The highest BCUT2D eigenvalue weighted by Crippen LogP contribution is 2.29. The number of piperidine rings is 1. The summed E-state index contributed by atoms with van der Waals surface area (Å²) >= 11 is 0. The third-order valence-electron chi connectivity index (χ3n) is 3.86. The Morgan fingerprint density at radius 3 is 3.05 bits per heavy atom. The highest BCUT2D eigenvalue weighted by atomic mass is 16.4. The predicted octanol–water partition coefficient (Wildman–Crippen LogP) is 1.23. The number of aryl methyl sites for hydroxylation is 1. The minimum atomic E-state index is 0.0823. The summed E-state index contributed by atoms with van der Waals surface area (Å²) in [6.07, 6.45) is 5.74. The number of aliphatic hydroxyl groups is 1. The van der Waals surface area contributed by atoms with Crippen LogP contribution in [0.3, 0.4) is 0 Å². The van der Waals surface area contributed by atoms with Gasteiger partial charge in [-0.2, -0.15) is 0 Å². The zero-order valence-electron chi connectivity index (χ0n) is 11.8. The molecule has 1 aromatic rings. The zero-order chi connectivity index (χ0) is 14.5. The largest absolute Gasteiger partial charge is 0.409 e. The van der Waals surface area contributed by atoms with Gasteiger partial charge in [-0.3, -0.25) is 0 Å². The van der Waals surface area contributed by atoms with E-state index in [0.717, 1.165) is 37.2 Å². The second kappa shape index (κ2) is 6.56. The van der Waals surface area contributed by atoms with Crippen LogP contribution in [-0.2, 0) is 0 Å². The number of hydrogen-bond donors (Lipinski definition) is 3. The zero-order valence-corrected chi connectivity index (χ0v) is 11.8. The Balaban J connectivity index is 2.42. The molecule has 0 saturated carbocycles. The van der Waals surface area contributed by atoms with Crippen molar-refractivity contribution in [3.05, 3.63) is 23.4 Å². The normalized spacial score (nSPS) is 20.2. The topological polar surface area (TPSA) is 95.0 Å². The van der Waals surface area contributed by atoms with Crippen LogP contribution >= 0.6 is 0 Å². The van der Waals surface area contributed by atoms with E-state index >= 15 is 0 Å². The standard InChI is InChI=1S/C14H22N4O2/c1-10-5-7-16-14(12(10)13(15)17-20)18-8-3-2-4-11(18)6-9-19/h5,7,11,19-20H,2-4,6,8-9H2,1H3,(H2,15,17). The second-order valence-electron chi connectivity index (χ2n) is 5.17. The molecule has 6 heteroatoms. The molecule has 0 bridgehead atoms. The van der Waals surface area contributed by atoms with Crippen LogP contribution in [0.1, 0.15) is 36.8 Å². The number of pyridine rings is 1. The molecule has 0 radical (unpaired) electrons. The van der Waals surface area contributed by atoms with E-state index in [0.29, 0.717) is 12.0 Å². The number of aromatic nitrogens is 1. The van der Waals surface area contributed by atoms with Gasteiger partial charge in [0.1, 0.15) is 5.82 Å². The van der Waals surface area contributed by atoms with E-state index in [4.69, 9.17) is 10.9 Å². The molecule has 1 saturated heterocycles.